The number of thiazole rings is 1. The van der Waals surface area contributed by atoms with Crippen molar-refractivity contribution in [1.29, 1.82) is 0 Å². The van der Waals surface area contributed by atoms with Crippen molar-refractivity contribution in [3.05, 3.63) is 64.0 Å². The van der Waals surface area contributed by atoms with Crippen LogP contribution in [0.15, 0.2) is 46.4 Å². The van der Waals surface area contributed by atoms with Crippen LogP contribution in [-0.2, 0) is 0 Å². The molecule has 30 heavy (non-hydrogen) atoms. The molecule has 2 aromatic heterocycles. The molecule has 6 heteroatoms. The monoisotopic (exact) mass is 414 g/mol. The van der Waals surface area contributed by atoms with Crippen LogP contribution in [-0.4, -0.2) is 21.5 Å². The van der Waals surface area contributed by atoms with Crippen molar-refractivity contribution in [3.8, 4) is 0 Å². The minimum atomic E-state index is -0.247. The summed E-state index contributed by atoms with van der Waals surface area (Å²) in [4.78, 5) is 35.7. The van der Waals surface area contributed by atoms with Crippen molar-refractivity contribution in [2.24, 2.45) is 0 Å². The van der Waals surface area contributed by atoms with Gasteiger partial charge in [0.25, 0.3) is 5.71 Å². The normalized spacial score (nSPS) is 17.3. The molecule has 0 unspecified atom stereocenters. The molecule has 0 bridgehead atoms. The van der Waals surface area contributed by atoms with Crippen molar-refractivity contribution in [1.82, 2.24) is 9.97 Å². The number of aromatic nitrogens is 2. The molecule has 0 atom stereocenters. The predicted molar refractivity (Wildman–Crippen MR) is 116 cm³/mol. The van der Waals surface area contributed by atoms with Crippen LogP contribution >= 0.6 is 11.3 Å². The molecule has 2 aliphatic carbocycles. The first-order chi connectivity index (χ1) is 14.7. The average molecular weight is 414 g/mol. The van der Waals surface area contributed by atoms with E-state index in [2.05, 4.69) is 9.97 Å². The number of Topliss-reactive ketones (excluding diaryl/α,β-unsaturated/α-hetero) is 2. The highest BCUT2D eigenvalue weighted by Gasteiger charge is 2.34. The molecule has 5 nitrogen and oxygen atoms in total. The Bertz CT molecular complexity index is 1280. The highest BCUT2D eigenvalue weighted by molar-refractivity contribution is 7.18. The third kappa shape index (κ3) is 2.75. The van der Waals surface area contributed by atoms with Crippen LogP contribution in [0.25, 0.3) is 27.4 Å². The summed E-state index contributed by atoms with van der Waals surface area (Å²) in [6, 6.07) is 11.3. The SMILES string of the molecule is O=C1C(=Cc2nc3oc(C4CCCCC4)nc3s2)C(=O)c2cc3ccccc3cc21. The highest BCUT2D eigenvalue weighted by Crippen LogP contribution is 2.36. The van der Waals surface area contributed by atoms with Crippen LogP contribution in [0.2, 0.25) is 0 Å². The van der Waals surface area contributed by atoms with Crippen molar-refractivity contribution in [3.63, 3.8) is 0 Å². The fourth-order valence-electron chi connectivity index (χ4n) is 4.52. The highest BCUT2D eigenvalue weighted by atomic mass is 32.1. The molecule has 0 radical (unpaired) electrons. The summed E-state index contributed by atoms with van der Waals surface area (Å²) in [6.45, 7) is 0. The van der Waals surface area contributed by atoms with E-state index in [4.69, 9.17) is 4.42 Å². The number of carbonyl (C=O) groups is 2. The van der Waals surface area contributed by atoms with Crippen molar-refractivity contribution in [2.45, 2.75) is 38.0 Å². The molecule has 0 spiro atoms. The first kappa shape index (κ1) is 17.7. The number of nitrogens with zero attached hydrogens (tertiary/aromatic N) is 2. The van der Waals surface area contributed by atoms with Crippen LogP contribution in [0.4, 0.5) is 0 Å². The summed E-state index contributed by atoms with van der Waals surface area (Å²) in [5.41, 5.74) is 1.57. The minimum Gasteiger partial charge on any atom is -0.421 e. The van der Waals surface area contributed by atoms with E-state index >= 15 is 0 Å². The lowest BCUT2D eigenvalue weighted by molar-refractivity contribution is 0.0990. The maximum Gasteiger partial charge on any atom is 0.258 e. The number of hydrogen-bond acceptors (Lipinski definition) is 6. The van der Waals surface area contributed by atoms with E-state index in [9.17, 15) is 9.59 Å². The molecule has 2 aliphatic rings. The first-order valence-corrected chi connectivity index (χ1v) is 11.1. The fourth-order valence-corrected chi connectivity index (χ4v) is 5.34. The Morgan fingerprint density at radius 2 is 1.60 bits per heavy atom. The van der Waals surface area contributed by atoms with Crippen LogP contribution < -0.4 is 0 Å². The summed E-state index contributed by atoms with van der Waals surface area (Å²) in [6.07, 6.45) is 7.51. The van der Waals surface area contributed by atoms with Crippen LogP contribution in [0, 0.1) is 0 Å². The van der Waals surface area contributed by atoms with Gasteiger partial charge in [-0.1, -0.05) is 54.9 Å². The lowest BCUT2D eigenvalue weighted by atomic mass is 9.89. The number of carbonyl (C=O) groups excluding carboxylic acids is 2. The summed E-state index contributed by atoms with van der Waals surface area (Å²) in [5.74, 6) is 0.658. The second-order valence-electron chi connectivity index (χ2n) is 8.01. The second-order valence-corrected chi connectivity index (χ2v) is 9.02. The van der Waals surface area contributed by atoms with Gasteiger partial charge in [0, 0.05) is 17.0 Å². The molecular weight excluding hydrogens is 396 g/mol. The molecule has 2 aromatic carbocycles. The number of oxazole rings is 1. The zero-order valence-electron chi connectivity index (χ0n) is 16.2. The Labute approximate surface area is 176 Å². The van der Waals surface area contributed by atoms with Gasteiger partial charge in [0.15, 0.2) is 16.4 Å². The molecule has 1 saturated carbocycles. The summed E-state index contributed by atoms with van der Waals surface area (Å²) in [5, 5.41) is 2.47. The summed E-state index contributed by atoms with van der Waals surface area (Å²) >= 11 is 1.36. The van der Waals surface area contributed by atoms with Gasteiger partial charge in [0.05, 0.1) is 5.57 Å². The minimum absolute atomic E-state index is 0.157. The Kier molecular flexibility index (Phi) is 3.96. The molecular formula is C24H18N2O3S. The zero-order valence-corrected chi connectivity index (χ0v) is 17.0. The maximum atomic E-state index is 12.9. The number of fused-ring (bicyclic) bond motifs is 3. The summed E-state index contributed by atoms with van der Waals surface area (Å²) < 4.78 is 5.91. The Morgan fingerprint density at radius 1 is 0.933 bits per heavy atom. The number of benzene rings is 2. The molecule has 6 rings (SSSR count). The van der Waals surface area contributed by atoms with E-state index in [0.29, 0.717) is 27.8 Å². The number of rotatable bonds is 2. The summed E-state index contributed by atoms with van der Waals surface area (Å²) in [7, 11) is 0. The first-order valence-electron chi connectivity index (χ1n) is 10.3. The standard InChI is InChI=1S/C24H18N2O3S/c27-20-16-10-14-8-4-5-9-15(14)11-17(16)21(28)18(20)12-19-25-23-24(30-19)26-22(29-23)13-6-2-1-3-7-13/h4-5,8-13H,1-3,6-7H2. The van der Waals surface area contributed by atoms with Gasteiger partial charge in [-0.15, -0.1) is 0 Å². The van der Waals surface area contributed by atoms with Crippen molar-refractivity contribution in [2.75, 3.05) is 0 Å². The average Bonchev–Trinajstić information content (AvgIpc) is 3.41. The molecule has 0 aliphatic heterocycles. The fraction of sp³-hybridized carbons (Fsp3) is 0.250. The topological polar surface area (TPSA) is 73.1 Å². The van der Waals surface area contributed by atoms with E-state index in [1.54, 1.807) is 18.2 Å². The van der Waals surface area contributed by atoms with E-state index in [-0.39, 0.29) is 17.1 Å². The lowest BCUT2D eigenvalue weighted by Gasteiger charge is -2.17. The maximum absolute atomic E-state index is 12.9. The number of ketones is 2. The largest absolute Gasteiger partial charge is 0.421 e. The zero-order chi connectivity index (χ0) is 20.2. The van der Waals surface area contributed by atoms with Crippen molar-refractivity contribution >= 4 is 50.3 Å². The van der Waals surface area contributed by atoms with E-state index in [1.165, 1.54) is 30.6 Å². The molecule has 1 fully saturated rings. The van der Waals surface area contributed by atoms with E-state index in [1.807, 2.05) is 24.3 Å². The van der Waals surface area contributed by atoms with Gasteiger partial charge in [0.2, 0.25) is 5.89 Å². The quantitative estimate of drug-likeness (QED) is 0.299. The van der Waals surface area contributed by atoms with Gasteiger partial charge in [-0.25, -0.2) is 4.98 Å². The molecule has 148 valence electrons. The molecule has 0 amide bonds. The Balaban J connectivity index is 1.35. The lowest BCUT2D eigenvalue weighted by Crippen LogP contribution is -2.04. The molecule has 0 saturated heterocycles. The van der Waals surface area contributed by atoms with Crippen LogP contribution in [0.3, 0.4) is 0 Å². The smallest absolute Gasteiger partial charge is 0.258 e. The van der Waals surface area contributed by atoms with E-state index in [0.717, 1.165) is 34.3 Å². The van der Waals surface area contributed by atoms with Gasteiger partial charge in [-0.3, -0.25) is 9.59 Å². The second kappa shape index (κ2) is 6.71. The van der Waals surface area contributed by atoms with Crippen molar-refractivity contribution < 1.29 is 14.0 Å². The molecule has 2 heterocycles. The van der Waals surface area contributed by atoms with Gasteiger partial charge in [0.1, 0.15) is 5.01 Å². The third-order valence-electron chi connectivity index (χ3n) is 6.10. The number of hydrogen-bond donors (Lipinski definition) is 0. The molecule has 0 N–H and O–H groups in total. The van der Waals surface area contributed by atoms with Crippen LogP contribution in [0.1, 0.15) is 69.6 Å². The van der Waals surface area contributed by atoms with Gasteiger partial charge < -0.3 is 4.42 Å². The van der Waals surface area contributed by atoms with Crippen LogP contribution in [0.5, 0.6) is 0 Å². The molecule has 4 aromatic rings. The number of allylic oxidation sites excluding steroid dienone is 1. The van der Waals surface area contributed by atoms with Gasteiger partial charge >= 0.3 is 0 Å². The Morgan fingerprint density at radius 3 is 2.23 bits per heavy atom. The van der Waals surface area contributed by atoms with E-state index < -0.39 is 0 Å². The Hall–Kier alpha value is -3.12. The van der Waals surface area contributed by atoms with Gasteiger partial charge in [-0.05, 0) is 41.8 Å². The third-order valence-corrected chi connectivity index (χ3v) is 6.97. The van der Waals surface area contributed by atoms with Gasteiger partial charge in [-0.2, -0.15) is 4.98 Å². The predicted octanol–water partition coefficient (Wildman–Crippen LogP) is 5.95.